The number of hydrogen-bond donors (Lipinski definition) is 4. The molecular formula is C32H38ClN7O4. The van der Waals surface area contributed by atoms with E-state index in [1.54, 1.807) is 23.2 Å². The van der Waals surface area contributed by atoms with Gasteiger partial charge in [-0.1, -0.05) is 35.9 Å². The summed E-state index contributed by atoms with van der Waals surface area (Å²) in [6, 6.07) is 11.9. The summed E-state index contributed by atoms with van der Waals surface area (Å²) in [6.45, 7) is 1.69. The van der Waals surface area contributed by atoms with E-state index in [1.807, 2.05) is 42.6 Å². The number of pyridine rings is 1. The van der Waals surface area contributed by atoms with Gasteiger partial charge in [0.05, 0.1) is 30.5 Å². The Hall–Kier alpha value is -3.77. The van der Waals surface area contributed by atoms with Gasteiger partial charge in [-0.05, 0) is 44.2 Å². The molecule has 2 aliphatic rings. The molecule has 44 heavy (non-hydrogen) atoms. The molecule has 3 aromatic heterocycles. The summed E-state index contributed by atoms with van der Waals surface area (Å²) in [5.74, 6) is 1.23. The molecule has 0 bridgehead atoms. The van der Waals surface area contributed by atoms with Gasteiger partial charge < -0.3 is 25.8 Å². The highest BCUT2D eigenvalue weighted by atomic mass is 35.5. The number of ether oxygens (including phenoxy) is 1. The van der Waals surface area contributed by atoms with Crippen LogP contribution in [0.5, 0.6) is 5.88 Å². The molecule has 11 nitrogen and oxygen atoms in total. The Kier molecular flexibility index (Phi) is 8.99. The minimum atomic E-state index is -0.214. The lowest BCUT2D eigenvalue weighted by molar-refractivity contribution is -0.119. The minimum Gasteiger partial charge on any atom is -0.481 e. The zero-order chi connectivity index (χ0) is 30.8. The first kappa shape index (κ1) is 30.3. The quantitative estimate of drug-likeness (QED) is 0.213. The average Bonchev–Trinajstić information content (AvgIpc) is 3.65. The number of hydrogen-bond acceptors (Lipinski definition) is 8. The topological polar surface area (TPSA) is 135 Å². The van der Waals surface area contributed by atoms with Crippen molar-refractivity contribution in [3.63, 3.8) is 0 Å². The summed E-state index contributed by atoms with van der Waals surface area (Å²) in [6.07, 6.45) is 6.41. The van der Waals surface area contributed by atoms with Crippen LogP contribution in [0.25, 0.3) is 27.9 Å². The Bertz CT molecular complexity index is 1730. The highest BCUT2D eigenvalue weighted by Gasteiger charge is 2.22. The molecule has 0 spiro atoms. The highest BCUT2D eigenvalue weighted by molar-refractivity contribution is 6.36. The van der Waals surface area contributed by atoms with Crippen LogP contribution >= 0.6 is 11.6 Å². The number of methoxy groups -OCH3 is 1. The highest BCUT2D eigenvalue weighted by Crippen LogP contribution is 2.37. The third-order valence-electron chi connectivity index (χ3n) is 8.69. The number of carbonyl (C=O) groups is 1. The average molecular weight is 620 g/mol. The normalized spacial score (nSPS) is 20.3. The zero-order valence-electron chi connectivity index (χ0n) is 25.0. The van der Waals surface area contributed by atoms with Gasteiger partial charge in [-0.3, -0.25) is 14.2 Å². The molecule has 1 aromatic carbocycles. The fraction of sp³-hybridized carbons (Fsp3) is 0.438. The lowest BCUT2D eigenvalue weighted by Crippen LogP contribution is -2.36. The molecule has 1 atom stereocenters. The van der Waals surface area contributed by atoms with E-state index in [0.717, 1.165) is 54.4 Å². The Morgan fingerprint density at radius 2 is 1.89 bits per heavy atom. The molecule has 1 amide bonds. The molecular weight excluding hydrogens is 582 g/mol. The number of aliphatic hydroxyl groups is 1. The smallest absolute Gasteiger partial charge is 0.277 e. The minimum absolute atomic E-state index is 0.0985. The first-order valence-electron chi connectivity index (χ1n) is 15.1. The van der Waals surface area contributed by atoms with Crippen molar-refractivity contribution in [3.05, 3.63) is 69.4 Å². The van der Waals surface area contributed by atoms with Crippen molar-refractivity contribution in [1.29, 1.82) is 0 Å². The van der Waals surface area contributed by atoms with E-state index in [0.29, 0.717) is 60.0 Å². The Balaban J connectivity index is 1.22. The number of nitrogens with one attached hydrogen (secondary N) is 3. The summed E-state index contributed by atoms with van der Waals surface area (Å²) in [4.78, 5) is 29.5. The van der Waals surface area contributed by atoms with E-state index in [9.17, 15) is 14.7 Å². The second-order valence-corrected chi connectivity index (χ2v) is 12.1. The van der Waals surface area contributed by atoms with Crippen LogP contribution in [0, 0.1) is 0 Å². The van der Waals surface area contributed by atoms with E-state index in [-0.39, 0.29) is 23.6 Å². The molecule has 12 heteroatoms. The molecule has 0 radical (unpaired) electrons. The summed E-state index contributed by atoms with van der Waals surface area (Å²) < 4.78 is 8.82. The van der Waals surface area contributed by atoms with E-state index < -0.39 is 0 Å². The predicted molar refractivity (Wildman–Crippen MR) is 169 cm³/mol. The van der Waals surface area contributed by atoms with Gasteiger partial charge in [0.1, 0.15) is 11.3 Å². The number of carbonyl (C=O) groups excluding carboxylic acids is 1. The van der Waals surface area contributed by atoms with E-state index in [4.69, 9.17) is 26.4 Å². The van der Waals surface area contributed by atoms with Gasteiger partial charge in [0.2, 0.25) is 11.8 Å². The van der Waals surface area contributed by atoms with Crippen LogP contribution in [0.4, 0.5) is 0 Å². The third-order valence-corrected chi connectivity index (χ3v) is 9.10. The number of halogens is 1. The maximum absolute atomic E-state index is 13.3. The van der Waals surface area contributed by atoms with Gasteiger partial charge in [-0.15, -0.1) is 0 Å². The maximum Gasteiger partial charge on any atom is 0.277 e. The van der Waals surface area contributed by atoms with Gasteiger partial charge in [-0.2, -0.15) is 5.10 Å². The van der Waals surface area contributed by atoms with Crippen LogP contribution in [0.1, 0.15) is 49.9 Å². The molecule has 2 fully saturated rings. The number of amides is 1. The number of benzene rings is 1. The van der Waals surface area contributed by atoms with Crippen molar-refractivity contribution in [2.45, 2.75) is 69.8 Å². The molecule has 6 rings (SSSR count). The van der Waals surface area contributed by atoms with Gasteiger partial charge in [0.15, 0.2) is 0 Å². The fourth-order valence-corrected chi connectivity index (χ4v) is 6.42. The number of aliphatic hydroxyl groups excluding tert-OH is 1. The molecule has 4 heterocycles. The number of nitrogens with zero attached hydrogens (tertiary/aromatic N) is 4. The van der Waals surface area contributed by atoms with E-state index >= 15 is 0 Å². The summed E-state index contributed by atoms with van der Waals surface area (Å²) in [5.41, 5.74) is 4.18. The SMILES string of the molecule is COc1nc(-c2cccc(-c3cc4c(=O)n(C)c(CNC5CCC(O)CC5)nn4c3)c2Cl)ccc1CNC[C@@H]1CCC(=O)N1. The predicted octanol–water partition coefficient (Wildman–Crippen LogP) is 3.19. The molecule has 1 saturated heterocycles. The lowest BCUT2D eigenvalue weighted by atomic mass is 9.93. The van der Waals surface area contributed by atoms with Crippen molar-refractivity contribution in [3.8, 4) is 28.3 Å². The van der Waals surface area contributed by atoms with Crippen LogP contribution in [0.15, 0.2) is 47.4 Å². The Labute approximate surface area is 260 Å². The molecule has 0 unspecified atom stereocenters. The summed E-state index contributed by atoms with van der Waals surface area (Å²) in [5, 5.41) is 24.9. The zero-order valence-corrected chi connectivity index (χ0v) is 25.7. The van der Waals surface area contributed by atoms with Gasteiger partial charge >= 0.3 is 0 Å². The van der Waals surface area contributed by atoms with E-state index in [2.05, 4.69) is 16.0 Å². The molecule has 1 aliphatic heterocycles. The maximum atomic E-state index is 13.3. The van der Waals surface area contributed by atoms with Crippen molar-refractivity contribution >= 4 is 23.0 Å². The lowest BCUT2D eigenvalue weighted by Gasteiger charge is -2.26. The first-order valence-corrected chi connectivity index (χ1v) is 15.5. The molecule has 1 saturated carbocycles. The first-order chi connectivity index (χ1) is 21.3. The van der Waals surface area contributed by atoms with Crippen molar-refractivity contribution in [1.82, 2.24) is 35.1 Å². The summed E-state index contributed by atoms with van der Waals surface area (Å²) >= 11 is 6.99. The Morgan fingerprint density at radius 1 is 1.09 bits per heavy atom. The van der Waals surface area contributed by atoms with Crippen molar-refractivity contribution in [2.24, 2.45) is 7.05 Å². The van der Waals surface area contributed by atoms with Crippen LogP contribution in [-0.2, 0) is 24.9 Å². The molecule has 1 aliphatic carbocycles. The second-order valence-electron chi connectivity index (χ2n) is 11.7. The van der Waals surface area contributed by atoms with Crippen LogP contribution < -0.4 is 26.2 Å². The monoisotopic (exact) mass is 619 g/mol. The van der Waals surface area contributed by atoms with Crippen LogP contribution in [0.2, 0.25) is 5.02 Å². The Morgan fingerprint density at radius 3 is 2.64 bits per heavy atom. The standard InChI is InChI=1S/C32H38ClN7O4/c1-39-28(17-35-21-7-10-23(41)11-8-21)38-40-18-20(14-27(40)32(39)43)24-4-3-5-25(30(24)33)26-12-6-19(31(37-26)44-2)15-34-16-22-9-13-29(42)36-22/h3-6,12,14,18,21-23,34-35,41H,7-11,13,15-17H2,1-2H3,(H,36,42)/t21?,22-,23?/m0/s1. The molecule has 4 N–H and O–H groups in total. The van der Waals surface area contributed by atoms with Gasteiger partial charge in [-0.25, -0.2) is 9.50 Å². The van der Waals surface area contributed by atoms with Crippen LogP contribution in [0.3, 0.4) is 0 Å². The van der Waals surface area contributed by atoms with Gasteiger partial charge in [0, 0.05) is 67.1 Å². The molecule has 4 aromatic rings. The summed E-state index contributed by atoms with van der Waals surface area (Å²) in [7, 11) is 3.33. The van der Waals surface area contributed by atoms with E-state index in [1.165, 1.54) is 0 Å². The van der Waals surface area contributed by atoms with Crippen molar-refractivity contribution in [2.75, 3.05) is 13.7 Å². The fourth-order valence-electron chi connectivity index (χ4n) is 6.09. The van der Waals surface area contributed by atoms with Crippen LogP contribution in [-0.4, -0.2) is 62.0 Å². The number of aromatic nitrogens is 4. The van der Waals surface area contributed by atoms with Crippen molar-refractivity contribution < 1.29 is 14.6 Å². The molecule has 232 valence electrons. The second kappa shape index (κ2) is 13.1. The largest absolute Gasteiger partial charge is 0.481 e. The number of fused-ring (bicyclic) bond motifs is 1. The third kappa shape index (κ3) is 6.37. The number of rotatable bonds is 10. The van der Waals surface area contributed by atoms with Gasteiger partial charge in [0.25, 0.3) is 5.56 Å².